The van der Waals surface area contributed by atoms with Crippen molar-refractivity contribution in [1.82, 2.24) is 0 Å². The number of rotatable bonds is 5. The van der Waals surface area contributed by atoms with Gasteiger partial charge < -0.3 is 18.9 Å². The fourth-order valence-electron chi connectivity index (χ4n) is 1.68. The van der Waals surface area contributed by atoms with E-state index in [1.165, 1.54) is 6.08 Å². The zero-order chi connectivity index (χ0) is 16.0. The first kappa shape index (κ1) is 16.9. The molecule has 5 nitrogen and oxygen atoms in total. The second-order valence-corrected chi connectivity index (χ2v) is 5.32. The summed E-state index contributed by atoms with van der Waals surface area (Å²) in [4.78, 5) is 11.7. The molecule has 0 aliphatic rings. The molecule has 0 fully saturated rings. The molecule has 0 aliphatic heterocycles. The number of ether oxygens (including phenoxy) is 4. The highest BCUT2D eigenvalue weighted by Gasteiger charge is 2.15. The number of methoxy groups -OCH3 is 3. The molecule has 1 rings (SSSR count). The molecule has 0 heterocycles. The van der Waals surface area contributed by atoms with Gasteiger partial charge in [-0.05, 0) is 32.9 Å². The van der Waals surface area contributed by atoms with Crippen molar-refractivity contribution < 1.29 is 23.7 Å². The smallest absolute Gasteiger partial charge is 0.331 e. The Balaban J connectivity index is 3.04. The summed E-state index contributed by atoms with van der Waals surface area (Å²) >= 11 is 0. The van der Waals surface area contributed by atoms with Crippen LogP contribution in [0.1, 0.15) is 26.3 Å². The summed E-state index contributed by atoms with van der Waals surface area (Å²) < 4.78 is 20.9. The first-order valence-corrected chi connectivity index (χ1v) is 6.51. The van der Waals surface area contributed by atoms with Gasteiger partial charge in [0.2, 0.25) is 0 Å². The minimum Gasteiger partial charge on any atom is -0.496 e. The zero-order valence-electron chi connectivity index (χ0n) is 13.4. The Labute approximate surface area is 125 Å². The average molecular weight is 294 g/mol. The minimum absolute atomic E-state index is 0.417. The highest BCUT2D eigenvalue weighted by atomic mass is 16.6. The maximum atomic E-state index is 11.7. The number of esters is 1. The third kappa shape index (κ3) is 5.02. The lowest BCUT2D eigenvalue weighted by Crippen LogP contribution is -2.22. The van der Waals surface area contributed by atoms with Crippen LogP contribution in [0, 0.1) is 0 Å². The summed E-state index contributed by atoms with van der Waals surface area (Å²) in [6, 6.07) is 3.44. The molecule has 0 bridgehead atoms. The minimum atomic E-state index is -0.525. The van der Waals surface area contributed by atoms with Gasteiger partial charge >= 0.3 is 5.97 Å². The Morgan fingerprint density at radius 1 is 0.952 bits per heavy atom. The lowest BCUT2D eigenvalue weighted by Gasteiger charge is -2.18. The normalized spacial score (nSPS) is 11.3. The Morgan fingerprint density at radius 3 is 1.95 bits per heavy atom. The first-order chi connectivity index (χ1) is 9.80. The predicted octanol–water partition coefficient (Wildman–Crippen LogP) is 3.07. The number of benzene rings is 1. The quantitative estimate of drug-likeness (QED) is 0.617. The second-order valence-electron chi connectivity index (χ2n) is 5.32. The van der Waals surface area contributed by atoms with E-state index in [1.54, 1.807) is 39.5 Å². The van der Waals surface area contributed by atoms with Gasteiger partial charge in [-0.1, -0.05) is 0 Å². The number of hydrogen-bond acceptors (Lipinski definition) is 5. The van der Waals surface area contributed by atoms with Gasteiger partial charge in [0.25, 0.3) is 0 Å². The molecular weight excluding hydrogens is 272 g/mol. The van der Waals surface area contributed by atoms with E-state index in [1.807, 2.05) is 20.8 Å². The predicted molar refractivity (Wildman–Crippen MR) is 81.0 cm³/mol. The maximum absolute atomic E-state index is 11.7. The van der Waals surface area contributed by atoms with Gasteiger partial charge in [-0.25, -0.2) is 4.79 Å². The van der Waals surface area contributed by atoms with Crippen molar-refractivity contribution in [3.05, 3.63) is 23.8 Å². The van der Waals surface area contributed by atoms with Crippen molar-refractivity contribution in [2.45, 2.75) is 26.4 Å². The van der Waals surface area contributed by atoms with E-state index >= 15 is 0 Å². The second kappa shape index (κ2) is 7.02. The Hall–Kier alpha value is -2.17. The van der Waals surface area contributed by atoms with Crippen LogP contribution in [0.2, 0.25) is 0 Å². The van der Waals surface area contributed by atoms with Crippen molar-refractivity contribution >= 4 is 12.0 Å². The highest BCUT2D eigenvalue weighted by Crippen LogP contribution is 2.35. The number of carbonyl (C=O) groups excluding carboxylic acids is 1. The van der Waals surface area contributed by atoms with Crippen molar-refractivity contribution in [2.24, 2.45) is 0 Å². The van der Waals surface area contributed by atoms with Gasteiger partial charge in [-0.2, -0.15) is 0 Å². The van der Waals surface area contributed by atoms with E-state index < -0.39 is 11.6 Å². The van der Waals surface area contributed by atoms with Crippen molar-refractivity contribution in [2.75, 3.05) is 21.3 Å². The van der Waals surface area contributed by atoms with Crippen molar-refractivity contribution in [3.63, 3.8) is 0 Å². The summed E-state index contributed by atoms with van der Waals surface area (Å²) in [6.07, 6.45) is 2.98. The summed E-state index contributed by atoms with van der Waals surface area (Å²) in [7, 11) is 4.64. The third-order valence-corrected chi connectivity index (χ3v) is 2.54. The standard InChI is InChI=1S/C16H22O5/c1-16(2,3)21-15(17)8-7-11-9-13(19-5)14(20-6)10-12(11)18-4/h7-10H,1-6H3/b8-7+. The fourth-order valence-corrected chi connectivity index (χ4v) is 1.68. The molecule has 0 radical (unpaired) electrons. The molecule has 0 spiro atoms. The zero-order valence-corrected chi connectivity index (χ0v) is 13.4. The molecule has 0 saturated heterocycles. The molecule has 5 heteroatoms. The largest absolute Gasteiger partial charge is 0.496 e. The molecule has 1 aromatic rings. The summed E-state index contributed by atoms with van der Waals surface area (Å²) in [6.45, 7) is 5.45. The molecule has 0 atom stereocenters. The third-order valence-electron chi connectivity index (χ3n) is 2.54. The van der Waals surface area contributed by atoms with Crippen LogP contribution in [0.3, 0.4) is 0 Å². The Morgan fingerprint density at radius 2 is 1.48 bits per heavy atom. The molecule has 116 valence electrons. The molecule has 0 N–H and O–H groups in total. The van der Waals surface area contributed by atoms with Crippen LogP contribution in [0.4, 0.5) is 0 Å². The van der Waals surface area contributed by atoms with Crippen LogP contribution >= 0.6 is 0 Å². The van der Waals surface area contributed by atoms with Crippen LogP contribution in [0.15, 0.2) is 18.2 Å². The van der Waals surface area contributed by atoms with E-state index in [-0.39, 0.29) is 0 Å². The molecule has 0 aromatic heterocycles. The lowest BCUT2D eigenvalue weighted by atomic mass is 10.1. The molecule has 0 amide bonds. The SMILES string of the molecule is COc1cc(OC)c(OC)cc1/C=C/C(=O)OC(C)(C)C. The fraction of sp³-hybridized carbons (Fsp3) is 0.438. The molecular formula is C16H22O5. The molecule has 1 aromatic carbocycles. The van der Waals surface area contributed by atoms with Gasteiger partial charge in [0.1, 0.15) is 11.4 Å². The van der Waals surface area contributed by atoms with Crippen LogP contribution in [-0.2, 0) is 9.53 Å². The number of carbonyl (C=O) groups is 1. The van der Waals surface area contributed by atoms with Crippen LogP contribution in [0.25, 0.3) is 6.08 Å². The highest BCUT2D eigenvalue weighted by molar-refractivity contribution is 5.88. The first-order valence-electron chi connectivity index (χ1n) is 6.51. The average Bonchev–Trinajstić information content (AvgIpc) is 2.42. The van der Waals surface area contributed by atoms with Gasteiger partial charge in [0.05, 0.1) is 21.3 Å². The van der Waals surface area contributed by atoms with Gasteiger partial charge in [0.15, 0.2) is 11.5 Å². The molecule has 0 saturated carbocycles. The molecule has 0 aliphatic carbocycles. The lowest BCUT2D eigenvalue weighted by molar-refractivity contribution is -0.148. The van der Waals surface area contributed by atoms with E-state index in [9.17, 15) is 4.79 Å². The maximum Gasteiger partial charge on any atom is 0.331 e. The Kier molecular flexibility index (Phi) is 5.64. The van der Waals surface area contributed by atoms with Crippen LogP contribution in [-0.4, -0.2) is 32.9 Å². The van der Waals surface area contributed by atoms with Crippen LogP contribution < -0.4 is 14.2 Å². The number of hydrogen-bond donors (Lipinski definition) is 0. The van der Waals surface area contributed by atoms with Crippen LogP contribution in [0.5, 0.6) is 17.2 Å². The van der Waals surface area contributed by atoms with Gasteiger partial charge in [-0.3, -0.25) is 0 Å². The van der Waals surface area contributed by atoms with Crippen molar-refractivity contribution in [3.8, 4) is 17.2 Å². The van der Waals surface area contributed by atoms with E-state index in [4.69, 9.17) is 18.9 Å². The topological polar surface area (TPSA) is 54.0 Å². The van der Waals surface area contributed by atoms with Crippen molar-refractivity contribution in [1.29, 1.82) is 0 Å². The van der Waals surface area contributed by atoms with E-state index in [0.717, 1.165) is 0 Å². The van der Waals surface area contributed by atoms with Gasteiger partial charge in [-0.15, -0.1) is 0 Å². The summed E-state index contributed by atoms with van der Waals surface area (Å²) in [5.74, 6) is 1.28. The molecule has 0 unspecified atom stereocenters. The van der Waals surface area contributed by atoms with Gasteiger partial charge in [0, 0.05) is 17.7 Å². The summed E-state index contributed by atoms with van der Waals surface area (Å²) in [5.41, 5.74) is 0.171. The van der Waals surface area contributed by atoms with E-state index in [0.29, 0.717) is 22.8 Å². The molecule has 21 heavy (non-hydrogen) atoms. The summed E-state index contributed by atoms with van der Waals surface area (Å²) in [5, 5.41) is 0. The monoisotopic (exact) mass is 294 g/mol. The van der Waals surface area contributed by atoms with E-state index in [2.05, 4.69) is 0 Å². The Bertz CT molecular complexity index is 526.